The third kappa shape index (κ3) is 7.64. The van der Waals surface area contributed by atoms with Crippen LogP contribution in [-0.2, 0) is 16.0 Å². The number of nitrogens with zero attached hydrogens (tertiary/aromatic N) is 1. The van der Waals surface area contributed by atoms with Crippen molar-refractivity contribution in [2.24, 2.45) is 0 Å². The smallest absolute Gasteiger partial charge is 0.262 e. The summed E-state index contributed by atoms with van der Waals surface area (Å²) in [6.07, 6.45) is 2.16. The van der Waals surface area contributed by atoms with E-state index in [-0.39, 0.29) is 23.9 Å². The first kappa shape index (κ1) is 23.2. The number of nitriles is 1. The van der Waals surface area contributed by atoms with Crippen molar-refractivity contribution in [1.82, 2.24) is 5.32 Å². The maximum absolute atomic E-state index is 12.9. The first-order valence-corrected chi connectivity index (χ1v) is 10.3. The maximum Gasteiger partial charge on any atom is 0.262 e. The van der Waals surface area contributed by atoms with E-state index >= 15 is 0 Å². The molecule has 0 fully saturated rings. The summed E-state index contributed by atoms with van der Waals surface area (Å²) in [5.74, 6) is -0.759. The van der Waals surface area contributed by atoms with Crippen molar-refractivity contribution in [3.05, 3.63) is 101 Å². The molecule has 0 saturated heterocycles. The van der Waals surface area contributed by atoms with Gasteiger partial charge in [-0.2, -0.15) is 5.26 Å². The van der Waals surface area contributed by atoms with Crippen LogP contribution in [0.2, 0.25) is 0 Å². The molecule has 0 spiro atoms. The molecule has 0 aliphatic rings. The minimum atomic E-state index is -0.439. The molecule has 3 aromatic rings. The fourth-order valence-electron chi connectivity index (χ4n) is 2.91. The lowest BCUT2D eigenvalue weighted by molar-refractivity contribution is -0.118. The number of amides is 2. The van der Waals surface area contributed by atoms with Crippen molar-refractivity contribution in [1.29, 1.82) is 5.26 Å². The lowest BCUT2D eigenvalue weighted by Gasteiger charge is -2.08. The Hall–Kier alpha value is -4.44. The number of benzene rings is 3. The van der Waals surface area contributed by atoms with Gasteiger partial charge >= 0.3 is 0 Å². The first-order chi connectivity index (χ1) is 16.0. The van der Waals surface area contributed by atoms with Gasteiger partial charge in [0.25, 0.3) is 11.8 Å². The van der Waals surface area contributed by atoms with E-state index in [1.807, 2.05) is 36.4 Å². The molecular formula is C26H22FN3O3. The maximum atomic E-state index is 12.9. The molecule has 2 N–H and O–H groups in total. The van der Waals surface area contributed by atoms with E-state index in [1.54, 1.807) is 24.3 Å². The summed E-state index contributed by atoms with van der Waals surface area (Å²) in [6.45, 7) is 0.203. The molecule has 3 rings (SSSR count). The highest BCUT2D eigenvalue weighted by molar-refractivity contribution is 6.01. The van der Waals surface area contributed by atoms with Crippen LogP contribution >= 0.6 is 0 Å². The molecule has 166 valence electrons. The second kappa shape index (κ2) is 11.8. The van der Waals surface area contributed by atoms with E-state index in [4.69, 9.17) is 4.74 Å². The molecule has 33 heavy (non-hydrogen) atoms. The van der Waals surface area contributed by atoms with E-state index in [2.05, 4.69) is 10.6 Å². The Morgan fingerprint density at radius 2 is 1.67 bits per heavy atom. The van der Waals surface area contributed by atoms with Crippen molar-refractivity contribution in [2.45, 2.75) is 6.42 Å². The van der Waals surface area contributed by atoms with Gasteiger partial charge in [-0.1, -0.05) is 42.5 Å². The highest BCUT2D eigenvalue weighted by atomic mass is 19.1. The number of ether oxygens (including phenoxy) is 1. The van der Waals surface area contributed by atoms with Gasteiger partial charge in [0.15, 0.2) is 6.61 Å². The molecule has 0 aromatic heterocycles. The van der Waals surface area contributed by atoms with Crippen LogP contribution in [0.3, 0.4) is 0 Å². The van der Waals surface area contributed by atoms with Crippen LogP contribution < -0.4 is 15.4 Å². The Morgan fingerprint density at radius 3 is 2.33 bits per heavy atom. The Kier molecular flexibility index (Phi) is 8.32. The monoisotopic (exact) mass is 443 g/mol. The molecular weight excluding hydrogens is 421 g/mol. The lowest BCUT2D eigenvalue weighted by Crippen LogP contribution is -2.26. The highest BCUT2D eigenvalue weighted by Crippen LogP contribution is 2.15. The van der Waals surface area contributed by atoms with Crippen LogP contribution in [0, 0.1) is 17.1 Å². The molecule has 7 heteroatoms. The van der Waals surface area contributed by atoms with E-state index in [1.165, 1.54) is 30.3 Å². The van der Waals surface area contributed by atoms with Crippen molar-refractivity contribution in [3.8, 4) is 11.8 Å². The number of hydrogen-bond acceptors (Lipinski definition) is 4. The van der Waals surface area contributed by atoms with Crippen molar-refractivity contribution in [2.75, 3.05) is 18.5 Å². The quantitative estimate of drug-likeness (QED) is 0.385. The molecule has 0 heterocycles. The van der Waals surface area contributed by atoms with Crippen LogP contribution in [0.4, 0.5) is 10.1 Å². The van der Waals surface area contributed by atoms with Gasteiger partial charge in [-0.15, -0.1) is 0 Å². The topological polar surface area (TPSA) is 91.2 Å². The average molecular weight is 443 g/mol. The van der Waals surface area contributed by atoms with Crippen LogP contribution in [0.1, 0.15) is 11.1 Å². The third-order valence-corrected chi connectivity index (χ3v) is 4.60. The van der Waals surface area contributed by atoms with E-state index in [9.17, 15) is 19.2 Å². The minimum absolute atomic E-state index is 0.00425. The zero-order chi connectivity index (χ0) is 23.5. The molecule has 0 aliphatic carbocycles. The second-order valence-electron chi connectivity index (χ2n) is 7.07. The average Bonchev–Trinajstić information content (AvgIpc) is 2.84. The number of anilines is 1. The standard InChI is InChI=1S/C26H22FN3O3/c27-22-8-10-23(11-9-22)30-25(31)18-33-24-12-6-20(7-13-24)16-21(17-28)26(32)29-15-14-19-4-2-1-3-5-19/h1-13,16H,14-15,18H2,(H,29,32)(H,30,31)/b21-16+. The van der Waals surface area contributed by atoms with E-state index in [0.717, 1.165) is 5.56 Å². The number of carbonyl (C=O) groups excluding carboxylic acids is 2. The van der Waals surface area contributed by atoms with Crippen LogP contribution in [-0.4, -0.2) is 25.0 Å². The van der Waals surface area contributed by atoms with Gasteiger partial charge in [0.05, 0.1) is 0 Å². The molecule has 2 amide bonds. The summed E-state index contributed by atoms with van der Waals surface area (Å²) in [6, 6.07) is 23.7. The summed E-state index contributed by atoms with van der Waals surface area (Å²) < 4.78 is 18.4. The number of nitrogens with one attached hydrogen (secondary N) is 2. The number of rotatable bonds is 9. The van der Waals surface area contributed by atoms with Gasteiger partial charge in [-0.05, 0) is 60.0 Å². The van der Waals surface area contributed by atoms with Gasteiger partial charge < -0.3 is 15.4 Å². The van der Waals surface area contributed by atoms with Crippen molar-refractivity contribution < 1.29 is 18.7 Å². The lowest BCUT2D eigenvalue weighted by atomic mass is 10.1. The number of halogens is 1. The van der Waals surface area contributed by atoms with E-state index < -0.39 is 5.91 Å². The molecule has 0 bridgehead atoms. The Morgan fingerprint density at radius 1 is 0.970 bits per heavy atom. The summed E-state index contributed by atoms with van der Waals surface area (Å²) in [4.78, 5) is 24.2. The van der Waals surface area contributed by atoms with Gasteiger partial charge in [0.2, 0.25) is 0 Å². The summed E-state index contributed by atoms with van der Waals surface area (Å²) in [5, 5.41) is 14.7. The first-order valence-electron chi connectivity index (χ1n) is 10.3. The normalized spacial score (nSPS) is 10.7. The third-order valence-electron chi connectivity index (χ3n) is 4.60. The molecule has 0 unspecified atom stereocenters. The molecule has 0 saturated carbocycles. The van der Waals surface area contributed by atoms with Crippen LogP contribution in [0.15, 0.2) is 84.4 Å². The fourth-order valence-corrected chi connectivity index (χ4v) is 2.91. The summed E-state index contributed by atoms with van der Waals surface area (Å²) >= 11 is 0. The predicted molar refractivity (Wildman–Crippen MR) is 124 cm³/mol. The highest BCUT2D eigenvalue weighted by Gasteiger charge is 2.09. The van der Waals surface area contributed by atoms with Crippen LogP contribution in [0.5, 0.6) is 5.75 Å². The second-order valence-corrected chi connectivity index (χ2v) is 7.07. The predicted octanol–water partition coefficient (Wildman–Crippen LogP) is 4.11. The largest absolute Gasteiger partial charge is 0.484 e. The zero-order valence-corrected chi connectivity index (χ0v) is 17.8. The van der Waals surface area contributed by atoms with Gasteiger partial charge in [0.1, 0.15) is 23.2 Å². The summed E-state index contributed by atoms with van der Waals surface area (Å²) in [7, 11) is 0. The Bertz CT molecular complexity index is 1150. The molecule has 0 aliphatic heterocycles. The van der Waals surface area contributed by atoms with E-state index in [0.29, 0.717) is 30.0 Å². The summed E-state index contributed by atoms with van der Waals surface area (Å²) in [5.41, 5.74) is 2.21. The van der Waals surface area contributed by atoms with Gasteiger partial charge in [-0.3, -0.25) is 9.59 Å². The fraction of sp³-hybridized carbons (Fsp3) is 0.115. The van der Waals surface area contributed by atoms with Gasteiger partial charge in [0, 0.05) is 12.2 Å². The SMILES string of the molecule is N#C/C(=C\c1ccc(OCC(=O)Nc2ccc(F)cc2)cc1)C(=O)NCCc1ccccc1. The molecule has 3 aromatic carbocycles. The molecule has 0 atom stereocenters. The molecule has 0 radical (unpaired) electrons. The van der Waals surface area contributed by atoms with Gasteiger partial charge in [-0.25, -0.2) is 4.39 Å². The molecule has 6 nitrogen and oxygen atoms in total. The zero-order valence-electron chi connectivity index (χ0n) is 17.8. The van der Waals surface area contributed by atoms with Crippen LogP contribution in [0.25, 0.3) is 6.08 Å². The number of carbonyl (C=O) groups is 2. The minimum Gasteiger partial charge on any atom is -0.484 e. The van der Waals surface area contributed by atoms with Crippen molar-refractivity contribution >= 4 is 23.6 Å². The van der Waals surface area contributed by atoms with Crippen molar-refractivity contribution in [3.63, 3.8) is 0 Å². The number of hydrogen-bond donors (Lipinski definition) is 2. The Balaban J connectivity index is 1.49. The Labute approximate surface area is 191 Å².